The number of aromatic nitrogens is 4. The highest BCUT2D eigenvalue weighted by Crippen LogP contribution is 2.37. The standard InChI is InChI=1S/C53H61N11O4/c1-34(48-30-43-42(14-19-55-51(43)60(48)2)39-8-10-44-46(29-39)58-49(57-44)33-68-3)62-22-17-37(18-23-62)36-4-6-38(7-5-36)53(67)64-20-15-35(16-21-64)32-61-24-26-63(27-25-61)47-12-9-41(28-40(47)31-54)56-45-11-13-50(65)59-52(45)66/h4-10,12,14,19,28-30,34-35,37,45,56H,11,13,15-18,20-27,32-33H2,1-3H3,(H,57,58)(H,59,65,66)/t34-,45?/m0/s1. The van der Waals surface area contributed by atoms with Gasteiger partial charge in [-0.25, -0.2) is 9.97 Å². The summed E-state index contributed by atoms with van der Waals surface area (Å²) in [5.74, 6) is 1.37. The van der Waals surface area contributed by atoms with E-state index in [1.807, 2.05) is 35.4 Å². The minimum absolute atomic E-state index is 0.129. The number of aromatic amines is 1. The third-order valence-corrected chi connectivity index (χ3v) is 15.1. The molecule has 0 bridgehead atoms. The monoisotopic (exact) mass is 915 g/mol. The molecule has 7 heterocycles. The zero-order chi connectivity index (χ0) is 46.9. The number of anilines is 2. The zero-order valence-electron chi connectivity index (χ0n) is 39.3. The molecular formula is C53H61N11O4. The van der Waals surface area contributed by atoms with Crippen LogP contribution in [-0.2, 0) is 28.0 Å². The molecule has 15 heteroatoms. The molecule has 68 heavy (non-hydrogen) atoms. The molecule has 15 nitrogen and oxygen atoms in total. The summed E-state index contributed by atoms with van der Waals surface area (Å²) in [5, 5.41) is 16.7. The number of carbonyl (C=O) groups is 3. The van der Waals surface area contributed by atoms with E-state index in [1.54, 1.807) is 13.2 Å². The summed E-state index contributed by atoms with van der Waals surface area (Å²) in [6.45, 7) is 10.8. The average molecular weight is 916 g/mol. The van der Waals surface area contributed by atoms with E-state index in [4.69, 9.17) is 9.72 Å². The lowest BCUT2D eigenvalue weighted by atomic mass is 9.88. The van der Waals surface area contributed by atoms with Crippen LogP contribution in [0, 0.1) is 17.2 Å². The van der Waals surface area contributed by atoms with Crippen LogP contribution >= 0.6 is 0 Å². The molecule has 3 aromatic heterocycles. The second-order valence-corrected chi connectivity index (χ2v) is 19.2. The number of ether oxygens (including phenoxy) is 1. The van der Waals surface area contributed by atoms with Crippen molar-refractivity contribution >= 4 is 51.2 Å². The average Bonchev–Trinajstić information content (AvgIpc) is 3.94. The van der Waals surface area contributed by atoms with Crippen LogP contribution in [0.5, 0.6) is 0 Å². The summed E-state index contributed by atoms with van der Waals surface area (Å²) in [7, 11) is 3.81. The minimum atomic E-state index is -0.494. The summed E-state index contributed by atoms with van der Waals surface area (Å²) in [4.78, 5) is 59.8. The Morgan fingerprint density at radius 3 is 2.43 bits per heavy atom. The van der Waals surface area contributed by atoms with E-state index < -0.39 is 6.04 Å². The number of imidazole rings is 1. The molecule has 0 aliphatic carbocycles. The van der Waals surface area contributed by atoms with Gasteiger partial charge in [0.05, 0.1) is 22.3 Å². The summed E-state index contributed by atoms with van der Waals surface area (Å²) in [6, 6.07) is 27.0. The van der Waals surface area contributed by atoms with Crippen molar-refractivity contribution in [3.05, 3.63) is 107 Å². The number of amides is 3. The number of H-pyrrole nitrogens is 1. The van der Waals surface area contributed by atoms with Gasteiger partial charge in [-0.05, 0) is 135 Å². The molecule has 4 aliphatic rings. The summed E-state index contributed by atoms with van der Waals surface area (Å²) >= 11 is 0. The van der Waals surface area contributed by atoms with Crippen LogP contribution < -0.4 is 15.5 Å². The summed E-state index contributed by atoms with van der Waals surface area (Å²) in [5.41, 5.74) is 10.7. The van der Waals surface area contributed by atoms with Crippen LogP contribution in [0.3, 0.4) is 0 Å². The molecule has 4 saturated heterocycles. The smallest absolute Gasteiger partial charge is 0.253 e. The highest BCUT2D eigenvalue weighted by Gasteiger charge is 2.31. The van der Waals surface area contributed by atoms with E-state index in [-0.39, 0.29) is 23.8 Å². The molecule has 10 rings (SSSR count). The number of piperidine rings is 3. The molecule has 6 aromatic rings. The number of likely N-dealkylation sites (tertiary alicyclic amines) is 2. The molecular weight excluding hydrogens is 855 g/mol. The third-order valence-electron chi connectivity index (χ3n) is 15.1. The first kappa shape index (κ1) is 45.2. The van der Waals surface area contributed by atoms with E-state index in [0.717, 1.165) is 135 Å². The lowest BCUT2D eigenvalue weighted by Gasteiger charge is -2.40. The van der Waals surface area contributed by atoms with Crippen molar-refractivity contribution in [2.75, 3.05) is 76.2 Å². The van der Waals surface area contributed by atoms with Crippen LogP contribution in [0.25, 0.3) is 33.2 Å². The molecule has 4 aliphatic heterocycles. The number of hydrogen-bond donors (Lipinski definition) is 3. The molecule has 0 saturated carbocycles. The van der Waals surface area contributed by atoms with Crippen LogP contribution in [0.4, 0.5) is 11.4 Å². The number of imide groups is 1. The maximum absolute atomic E-state index is 13.7. The third kappa shape index (κ3) is 9.32. The van der Waals surface area contributed by atoms with Gasteiger partial charge >= 0.3 is 0 Å². The number of aryl methyl sites for hydroxylation is 1. The number of rotatable bonds is 12. The Morgan fingerprint density at radius 2 is 1.69 bits per heavy atom. The first-order valence-electron chi connectivity index (χ1n) is 24.3. The SMILES string of the molecule is COCc1nc2ccc(-c3ccnc4c3cc([C@H](C)N3CCC(c5ccc(C(=O)N6CCC(CN7CCN(c8ccc(NC9CCC(=O)NC9=O)cc8C#N)CC7)CC6)cc5)CC3)n4C)cc2[nH]1. The second-order valence-electron chi connectivity index (χ2n) is 19.2. The van der Waals surface area contributed by atoms with E-state index in [1.165, 1.54) is 11.3 Å². The topological polar surface area (TPSA) is 168 Å². The molecule has 3 N–H and O–H groups in total. The molecule has 3 aromatic carbocycles. The first-order chi connectivity index (χ1) is 33.1. The summed E-state index contributed by atoms with van der Waals surface area (Å²) < 4.78 is 7.54. The first-order valence-corrected chi connectivity index (χ1v) is 24.3. The van der Waals surface area contributed by atoms with Gasteiger partial charge in [-0.1, -0.05) is 18.2 Å². The van der Waals surface area contributed by atoms with Gasteiger partial charge in [0.1, 0.15) is 30.2 Å². The molecule has 2 atom stereocenters. The Hall–Kier alpha value is -6.60. The maximum atomic E-state index is 13.7. The van der Waals surface area contributed by atoms with Gasteiger partial charge in [-0.3, -0.25) is 29.5 Å². The Labute approximate surface area is 397 Å². The van der Waals surface area contributed by atoms with Gasteiger partial charge in [-0.2, -0.15) is 5.26 Å². The number of carbonyl (C=O) groups excluding carboxylic acids is 3. The van der Waals surface area contributed by atoms with Crippen molar-refractivity contribution in [2.45, 2.75) is 70.1 Å². The van der Waals surface area contributed by atoms with Gasteiger partial charge in [0.2, 0.25) is 11.8 Å². The van der Waals surface area contributed by atoms with Crippen LogP contribution in [0.2, 0.25) is 0 Å². The van der Waals surface area contributed by atoms with Gasteiger partial charge in [0.25, 0.3) is 5.91 Å². The Morgan fingerprint density at radius 1 is 0.912 bits per heavy atom. The van der Waals surface area contributed by atoms with Crippen molar-refractivity contribution in [1.82, 2.24) is 39.5 Å². The molecule has 0 spiro atoms. The number of nitriles is 1. The highest BCUT2D eigenvalue weighted by atomic mass is 16.5. The number of methoxy groups -OCH3 is 1. The van der Waals surface area contributed by atoms with Crippen molar-refractivity contribution in [2.24, 2.45) is 13.0 Å². The molecule has 4 fully saturated rings. The predicted molar refractivity (Wildman–Crippen MR) is 263 cm³/mol. The fraction of sp³-hybridized carbons (Fsp3) is 0.434. The minimum Gasteiger partial charge on any atom is -0.377 e. The van der Waals surface area contributed by atoms with Crippen molar-refractivity contribution < 1.29 is 19.1 Å². The maximum Gasteiger partial charge on any atom is 0.253 e. The lowest BCUT2D eigenvalue weighted by molar-refractivity contribution is -0.133. The van der Waals surface area contributed by atoms with Crippen LogP contribution in [0.1, 0.15) is 90.4 Å². The predicted octanol–water partition coefficient (Wildman–Crippen LogP) is 6.97. The van der Waals surface area contributed by atoms with Crippen LogP contribution in [0.15, 0.2) is 79.0 Å². The Balaban J connectivity index is 0.680. The molecule has 1 unspecified atom stereocenters. The molecule has 0 radical (unpaired) electrons. The normalized spacial score (nSPS) is 19.6. The van der Waals surface area contributed by atoms with Crippen molar-refractivity contribution in [1.29, 1.82) is 5.26 Å². The van der Waals surface area contributed by atoms with Crippen LogP contribution in [-0.4, -0.2) is 124 Å². The number of pyridine rings is 1. The van der Waals surface area contributed by atoms with Gasteiger partial charge in [0.15, 0.2) is 0 Å². The Bertz CT molecular complexity index is 2860. The second kappa shape index (κ2) is 19.6. The molecule has 352 valence electrons. The zero-order valence-corrected chi connectivity index (χ0v) is 39.3. The quantitative estimate of drug-likeness (QED) is 0.109. The molecule has 3 amide bonds. The fourth-order valence-electron chi connectivity index (χ4n) is 11.1. The van der Waals surface area contributed by atoms with E-state index >= 15 is 0 Å². The lowest BCUT2D eigenvalue weighted by Crippen LogP contribution is -2.49. The van der Waals surface area contributed by atoms with Gasteiger partial charge < -0.3 is 29.4 Å². The van der Waals surface area contributed by atoms with Gasteiger partial charge in [0, 0.05) is 101 Å². The summed E-state index contributed by atoms with van der Waals surface area (Å²) in [6.07, 6.45) is 6.77. The number of nitrogens with zero attached hydrogens (tertiary/aromatic N) is 8. The number of hydrogen-bond acceptors (Lipinski definition) is 11. The van der Waals surface area contributed by atoms with Gasteiger partial charge in [-0.15, -0.1) is 0 Å². The number of nitrogens with one attached hydrogen (secondary N) is 3. The van der Waals surface area contributed by atoms with E-state index in [2.05, 4.69) is 102 Å². The van der Waals surface area contributed by atoms with E-state index in [0.29, 0.717) is 42.5 Å². The van der Waals surface area contributed by atoms with Crippen molar-refractivity contribution in [3.63, 3.8) is 0 Å². The largest absolute Gasteiger partial charge is 0.377 e. The van der Waals surface area contributed by atoms with E-state index in [9.17, 15) is 19.6 Å². The number of fused-ring (bicyclic) bond motifs is 2. The Kier molecular flexibility index (Phi) is 13.0. The number of piperazine rings is 1. The fourth-order valence-corrected chi connectivity index (χ4v) is 11.1. The van der Waals surface area contributed by atoms with Crippen molar-refractivity contribution in [3.8, 4) is 17.2 Å². The highest BCUT2D eigenvalue weighted by molar-refractivity contribution is 6.01. The number of benzene rings is 3.